The van der Waals surface area contributed by atoms with Gasteiger partial charge in [-0.05, 0) is 26.0 Å². The maximum Gasteiger partial charge on any atom is 0.228 e. The fourth-order valence-corrected chi connectivity index (χ4v) is 4.04. The number of ether oxygens (including phenoxy) is 2. The van der Waals surface area contributed by atoms with E-state index >= 15 is 0 Å². The molecule has 0 N–H and O–H groups in total. The molecular weight excluding hydrogens is 350 g/mol. The molecule has 0 spiro atoms. The number of halogens is 2. The number of hydrogen-bond donors (Lipinski definition) is 0. The predicted molar refractivity (Wildman–Crippen MR) is 87.1 cm³/mol. The third kappa shape index (κ3) is 2.84. The molecule has 5 nitrogen and oxygen atoms in total. The SMILES string of the molecule is Cc1nc(CC(=O)N2C[C@@H]3Oc4c(F)ccc(F)c4O[C@@H]3C2)c(C)s1. The van der Waals surface area contributed by atoms with E-state index in [1.165, 1.54) is 0 Å². The van der Waals surface area contributed by atoms with Crippen LogP contribution in [0.15, 0.2) is 12.1 Å². The average molecular weight is 366 g/mol. The van der Waals surface area contributed by atoms with E-state index in [-0.39, 0.29) is 36.9 Å². The number of amides is 1. The zero-order valence-electron chi connectivity index (χ0n) is 13.7. The first-order valence-electron chi connectivity index (χ1n) is 7.94. The van der Waals surface area contributed by atoms with Crippen LogP contribution in [0.5, 0.6) is 11.5 Å². The molecule has 132 valence electrons. The highest BCUT2D eigenvalue weighted by Gasteiger charge is 2.43. The van der Waals surface area contributed by atoms with Crippen LogP contribution in [0.4, 0.5) is 8.78 Å². The van der Waals surface area contributed by atoms with E-state index in [0.717, 1.165) is 27.7 Å². The van der Waals surface area contributed by atoms with E-state index in [2.05, 4.69) is 4.98 Å². The Balaban J connectivity index is 1.49. The molecule has 0 unspecified atom stereocenters. The monoisotopic (exact) mass is 366 g/mol. The second kappa shape index (κ2) is 5.94. The van der Waals surface area contributed by atoms with Crippen molar-refractivity contribution in [3.8, 4) is 11.5 Å². The first-order valence-corrected chi connectivity index (χ1v) is 8.76. The van der Waals surface area contributed by atoms with Crippen molar-refractivity contribution in [3.05, 3.63) is 39.3 Å². The Morgan fingerprint density at radius 3 is 2.24 bits per heavy atom. The van der Waals surface area contributed by atoms with Gasteiger partial charge in [-0.3, -0.25) is 4.79 Å². The Bertz CT molecular complexity index is 816. The van der Waals surface area contributed by atoms with Gasteiger partial charge in [0.05, 0.1) is 30.2 Å². The zero-order valence-corrected chi connectivity index (χ0v) is 14.5. The summed E-state index contributed by atoms with van der Waals surface area (Å²) >= 11 is 1.55. The molecule has 1 amide bonds. The number of fused-ring (bicyclic) bond motifs is 2. The van der Waals surface area contributed by atoms with Crippen molar-refractivity contribution in [1.82, 2.24) is 9.88 Å². The van der Waals surface area contributed by atoms with Crippen LogP contribution in [0.3, 0.4) is 0 Å². The lowest BCUT2D eigenvalue weighted by molar-refractivity contribution is -0.129. The molecule has 0 bridgehead atoms. The van der Waals surface area contributed by atoms with E-state index in [1.807, 2.05) is 13.8 Å². The van der Waals surface area contributed by atoms with Crippen molar-refractivity contribution in [2.45, 2.75) is 32.5 Å². The first-order chi connectivity index (χ1) is 11.9. The number of nitrogens with zero attached hydrogens (tertiary/aromatic N) is 2. The van der Waals surface area contributed by atoms with Gasteiger partial charge in [0.1, 0.15) is 0 Å². The molecule has 8 heteroatoms. The lowest BCUT2D eigenvalue weighted by atomic mass is 10.2. The summed E-state index contributed by atoms with van der Waals surface area (Å²) < 4.78 is 38.8. The summed E-state index contributed by atoms with van der Waals surface area (Å²) in [4.78, 5) is 19.6. The molecule has 1 aromatic carbocycles. The van der Waals surface area contributed by atoms with Gasteiger partial charge in [-0.1, -0.05) is 0 Å². The van der Waals surface area contributed by atoms with Crippen LogP contribution in [-0.4, -0.2) is 41.1 Å². The molecule has 0 aliphatic carbocycles. The van der Waals surface area contributed by atoms with Gasteiger partial charge in [-0.2, -0.15) is 0 Å². The highest BCUT2D eigenvalue weighted by molar-refractivity contribution is 7.11. The van der Waals surface area contributed by atoms with Gasteiger partial charge in [0, 0.05) is 4.88 Å². The third-order valence-corrected chi connectivity index (χ3v) is 5.37. The molecule has 1 fully saturated rings. The standard InChI is InChI=1S/C17H16F2N2O3S/c1-8-12(20-9(2)25-8)5-15(22)21-6-13-14(7-21)24-17-11(19)4-3-10(18)16(17)23-13/h3-4,13-14H,5-7H2,1-2H3/t13-,14+. The van der Waals surface area contributed by atoms with Gasteiger partial charge < -0.3 is 14.4 Å². The van der Waals surface area contributed by atoms with Crippen LogP contribution in [0, 0.1) is 25.5 Å². The summed E-state index contributed by atoms with van der Waals surface area (Å²) in [5, 5.41) is 0.920. The van der Waals surface area contributed by atoms with Crippen molar-refractivity contribution >= 4 is 17.2 Å². The lowest BCUT2D eigenvalue weighted by Crippen LogP contribution is -2.39. The van der Waals surface area contributed by atoms with Gasteiger partial charge >= 0.3 is 0 Å². The molecule has 2 aromatic rings. The number of likely N-dealkylation sites (tertiary alicyclic amines) is 1. The van der Waals surface area contributed by atoms with Crippen LogP contribution in [0.1, 0.15) is 15.6 Å². The Kier molecular flexibility index (Phi) is 3.87. The lowest BCUT2D eigenvalue weighted by Gasteiger charge is -2.28. The molecule has 1 saturated heterocycles. The Labute approximate surface area is 147 Å². The molecule has 1 aromatic heterocycles. The van der Waals surface area contributed by atoms with Crippen molar-refractivity contribution < 1.29 is 23.0 Å². The summed E-state index contributed by atoms with van der Waals surface area (Å²) in [5.74, 6) is -1.88. The predicted octanol–water partition coefficient (Wildman–Crippen LogP) is 2.63. The molecule has 4 rings (SSSR count). The van der Waals surface area contributed by atoms with E-state index < -0.39 is 23.8 Å². The van der Waals surface area contributed by atoms with Crippen LogP contribution >= 0.6 is 11.3 Å². The quantitative estimate of drug-likeness (QED) is 0.820. The number of benzene rings is 1. The number of rotatable bonds is 2. The fourth-order valence-electron chi connectivity index (χ4n) is 3.20. The molecule has 25 heavy (non-hydrogen) atoms. The number of carbonyl (C=O) groups excluding carboxylic acids is 1. The Hall–Kier alpha value is -2.22. The van der Waals surface area contributed by atoms with E-state index in [9.17, 15) is 13.6 Å². The number of carbonyl (C=O) groups is 1. The van der Waals surface area contributed by atoms with Crippen molar-refractivity contribution in [2.24, 2.45) is 0 Å². The normalized spacial score (nSPS) is 21.4. The van der Waals surface area contributed by atoms with Gasteiger partial charge in [0.25, 0.3) is 0 Å². The summed E-state index contributed by atoms with van der Waals surface area (Å²) in [6, 6.07) is 2.01. The Morgan fingerprint density at radius 2 is 1.76 bits per heavy atom. The zero-order chi connectivity index (χ0) is 17.7. The highest BCUT2D eigenvalue weighted by Crippen LogP contribution is 2.40. The second-order valence-electron chi connectivity index (χ2n) is 6.21. The summed E-state index contributed by atoms with van der Waals surface area (Å²) in [6.07, 6.45) is -0.817. The van der Waals surface area contributed by atoms with Crippen LogP contribution < -0.4 is 9.47 Å². The molecule has 2 atom stereocenters. The van der Waals surface area contributed by atoms with E-state index in [1.54, 1.807) is 16.2 Å². The van der Waals surface area contributed by atoms with E-state index in [0.29, 0.717) is 0 Å². The minimum absolute atomic E-state index is 0.0972. The van der Waals surface area contributed by atoms with Crippen LogP contribution in [0.25, 0.3) is 0 Å². The highest BCUT2D eigenvalue weighted by atomic mass is 32.1. The molecule has 2 aliphatic heterocycles. The van der Waals surface area contributed by atoms with Crippen molar-refractivity contribution in [2.75, 3.05) is 13.1 Å². The molecule has 3 heterocycles. The molecule has 0 saturated carbocycles. The van der Waals surface area contributed by atoms with E-state index in [4.69, 9.17) is 9.47 Å². The topological polar surface area (TPSA) is 51.7 Å². The Morgan fingerprint density at radius 1 is 1.20 bits per heavy atom. The maximum atomic E-state index is 13.8. The minimum Gasteiger partial charge on any atom is -0.478 e. The van der Waals surface area contributed by atoms with Gasteiger partial charge in [0.15, 0.2) is 23.8 Å². The van der Waals surface area contributed by atoms with Gasteiger partial charge in [-0.15, -0.1) is 11.3 Å². The minimum atomic E-state index is -0.673. The van der Waals surface area contributed by atoms with Crippen LogP contribution in [-0.2, 0) is 11.2 Å². The second-order valence-corrected chi connectivity index (χ2v) is 7.62. The maximum absolute atomic E-state index is 13.8. The molecule has 2 aliphatic rings. The third-order valence-electron chi connectivity index (χ3n) is 4.44. The summed E-state index contributed by atoms with van der Waals surface area (Å²) in [6.45, 7) is 4.39. The summed E-state index contributed by atoms with van der Waals surface area (Å²) in [7, 11) is 0. The average Bonchev–Trinajstić information content (AvgIpc) is 3.12. The number of thiazole rings is 1. The largest absolute Gasteiger partial charge is 0.478 e. The smallest absolute Gasteiger partial charge is 0.228 e. The fraction of sp³-hybridized carbons (Fsp3) is 0.412. The molecular formula is C17H16F2N2O3S. The molecule has 0 radical (unpaired) electrons. The van der Waals surface area contributed by atoms with Crippen LogP contribution in [0.2, 0.25) is 0 Å². The van der Waals surface area contributed by atoms with Crippen molar-refractivity contribution in [3.63, 3.8) is 0 Å². The number of aromatic nitrogens is 1. The number of hydrogen-bond acceptors (Lipinski definition) is 5. The van der Waals surface area contributed by atoms with Gasteiger partial charge in [0.2, 0.25) is 17.4 Å². The van der Waals surface area contributed by atoms with Crippen molar-refractivity contribution in [1.29, 1.82) is 0 Å². The van der Waals surface area contributed by atoms with Gasteiger partial charge in [-0.25, -0.2) is 13.8 Å². The number of aryl methyl sites for hydroxylation is 2. The summed E-state index contributed by atoms with van der Waals surface area (Å²) in [5.41, 5.74) is 0.768. The first kappa shape index (κ1) is 16.3.